The first-order chi connectivity index (χ1) is 14.3. The number of nitrogens with zero attached hydrogens (tertiary/aromatic N) is 1. The van der Waals surface area contributed by atoms with Crippen molar-refractivity contribution in [3.05, 3.63) is 70.5 Å². The molecule has 30 heavy (non-hydrogen) atoms. The Morgan fingerprint density at radius 1 is 1.13 bits per heavy atom. The molecule has 1 aromatic heterocycles. The molecule has 0 radical (unpaired) electrons. The number of oxazole rings is 1. The molecule has 0 aliphatic carbocycles. The number of sulfonamides is 1. The molecule has 2 aromatic carbocycles. The van der Waals surface area contributed by atoms with Crippen molar-refractivity contribution in [2.75, 3.05) is 13.1 Å². The number of amides is 1. The van der Waals surface area contributed by atoms with Gasteiger partial charge in [-0.1, -0.05) is 39.7 Å². The van der Waals surface area contributed by atoms with Gasteiger partial charge in [-0.2, -0.15) is 0 Å². The zero-order valence-corrected chi connectivity index (χ0v) is 18.8. The van der Waals surface area contributed by atoms with Crippen LogP contribution in [-0.2, 0) is 21.2 Å². The number of carbonyl (C=O) groups is 1. The molecule has 0 bridgehead atoms. The van der Waals surface area contributed by atoms with Crippen LogP contribution in [0.2, 0.25) is 0 Å². The predicted octanol–water partition coefficient (Wildman–Crippen LogP) is 3.44. The highest BCUT2D eigenvalue weighted by Crippen LogP contribution is 2.19. The van der Waals surface area contributed by atoms with Crippen LogP contribution in [0.1, 0.15) is 17.7 Å². The zero-order chi connectivity index (χ0) is 21.6. The number of benzene rings is 2. The van der Waals surface area contributed by atoms with Crippen LogP contribution in [0.3, 0.4) is 0 Å². The van der Waals surface area contributed by atoms with E-state index in [0.717, 1.165) is 16.8 Å². The van der Waals surface area contributed by atoms with Gasteiger partial charge in [-0.3, -0.25) is 4.79 Å². The van der Waals surface area contributed by atoms with Crippen molar-refractivity contribution in [3.63, 3.8) is 0 Å². The van der Waals surface area contributed by atoms with Crippen LogP contribution < -0.4 is 10.0 Å². The highest BCUT2D eigenvalue weighted by molar-refractivity contribution is 9.10. The fourth-order valence-electron chi connectivity index (χ4n) is 2.69. The summed E-state index contributed by atoms with van der Waals surface area (Å²) in [7, 11) is -3.65. The Morgan fingerprint density at radius 2 is 1.90 bits per heavy atom. The van der Waals surface area contributed by atoms with Crippen LogP contribution in [0.5, 0.6) is 0 Å². The minimum absolute atomic E-state index is 0.0161. The first kappa shape index (κ1) is 22.2. The lowest BCUT2D eigenvalue weighted by atomic mass is 10.1. The Labute approximate surface area is 184 Å². The highest BCUT2D eigenvalue weighted by atomic mass is 79.9. The number of aryl methyl sites for hydroxylation is 1. The van der Waals surface area contributed by atoms with E-state index in [1.807, 2.05) is 31.2 Å². The molecule has 0 fully saturated rings. The first-order valence-corrected chi connectivity index (χ1v) is 11.6. The lowest BCUT2D eigenvalue weighted by Crippen LogP contribution is -2.31. The molecule has 158 valence electrons. The van der Waals surface area contributed by atoms with Crippen LogP contribution in [0.25, 0.3) is 11.5 Å². The highest BCUT2D eigenvalue weighted by Gasteiger charge is 2.14. The fraction of sp³-hybridized carbons (Fsp3) is 0.238. The van der Waals surface area contributed by atoms with Gasteiger partial charge in [0.1, 0.15) is 6.26 Å². The van der Waals surface area contributed by atoms with E-state index in [1.54, 1.807) is 18.4 Å². The molecular formula is C21H22BrN3O4S. The normalized spacial score (nSPS) is 11.4. The second-order valence-electron chi connectivity index (χ2n) is 6.72. The van der Waals surface area contributed by atoms with E-state index in [-0.39, 0.29) is 23.8 Å². The number of hydrogen-bond acceptors (Lipinski definition) is 5. The molecule has 0 saturated carbocycles. The number of halogens is 1. The maximum absolute atomic E-state index is 12.2. The molecule has 1 heterocycles. The summed E-state index contributed by atoms with van der Waals surface area (Å²) >= 11 is 3.24. The average Bonchev–Trinajstić information content (AvgIpc) is 3.17. The molecule has 0 unspecified atom stereocenters. The van der Waals surface area contributed by atoms with Crippen LogP contribution in [0.15, 0.2) is 68.6 Å². The van der Waals surface area contributed by atoms with E-state index in [4.69, 9.17) is 4.42 Å². The number of nitrogens with one attached hydrogen (secondary N) is 2. The van der Waals surface area contributed by atoms with Gasteiger partial charge in [-0.25, -0.2) is 18.1 Å². The number of aromatic nitrogens is 1. The Kier molecular flexibility index (Phi) is 7.41. The molecule has 0 atom stereocenters. The largest absolute Gasteiger partial charge is 0.444 e. The summed E-state index contributed by atoms with van der Waals surface area (Å²) in [4.78, 5) is 16.5. The topological polar surface area (TPSA) is 101 Å². The van der Waals surface area contributed by atoms with E-state index < -0.39 is 10.0 Å². The van der Waals surface area contributed by atoms with Gasteiger partial charge in [0, 0.05) is 36.0 Å². The Hall–Kier alpha value is -2.49. The van der Waals surface area contributed by atoms with Gasteiger partial charge in [0.25, 0.3) is 0 Å². The SMILES string of the molecule is Cc1ccc(-c2nc(CCNC(=O)CCNS(=O)(=O)c3cccc(Br)c3)co2)cc1. The van der Waals surface area contributed by atoms with Crippen molar-refractivity contribution in [3.8, 4) is 11.5 Å². The van der Waals surface area contributed by atoms with Crippen molar-refractivity contribution >= 4 is 31.9 Å². The second-order valence-corrected chi connectivity index (χ2v) is 9.40. The van der Waals surface area contributed by atoms with E-state index in [9.17, 15) is 13.2 Å². The van der Waals surface area contributed by atoms with Gasteiger partial charge in [0.2, 0.25) is 21.8 Å². The number of carbonyl (C=O) groups excluding carboxylic acids is 1. The molecular weight excluding hydrogens is 470 g/mol. The van der Waals surface area contributed by atoms with Crippen LogP contribution in [0.4, 0.5) is 0 Å². The van der Waals surface area contributed by atoms with Crippen molar-refractivity contribution in [1.82, 2.24) is 15.0 Å². The number of hydrogen-bond donors (Lipinski definition) is 2. The lowest BCUT2D eigenvalue weighted by molar-refractivity contribution is -0.120. The maximum atomic E-state index is 12.2. The first-order valence-electron chi connectivity index (χ1n) is 9.37. The summed E-state index contributed by atoms with van der Waals surface area (Å²) in [5.74, 6) is 0.299. The molecule has 0 aliphatic rings. The van der Waals surface area contributed by atoms with Gasteiger partial charge < -0.3 is 9.73 Å². The van der Waals surface area contributed by atoms with Crippen molar-refractivity contribution < 1.29 is 17.6 Å². The monoisotopic (exact) mass is 491 g/mol. The van der Waals surface area contributed by atoms with Gasteiger partial charge in [0.15, 0.2) is 0 Å². The smallest absolute Gasteiger partial charge is 0.240 e. The third-order valence-corrected chi connectivity index (χ3v) is 6.26. The summed E-state index contributed by atoms with van der Waals surface area (Å²) in [6, 6.07) is 14.3. The van der Waals surface area contributed by atoms with Crippen molar-refractivity contribution in [1.29, 1.82) is 0 Å². The maximum Gasteiger partial charge on any atom is 0.240 e. The summed E-state index contributed by atoms with van der Waals surface area (Å²) in [6.07, 6.45) is 2.14. The molecule has 1 amide bonds. The van der Waals surface area contributed by atoms with E-state index in [1.165, 1.54) is 12.1 Å². The third-order valence-electron chi connectivity index (χ3n) is 4.30. The molecule has 0 saturated heterocycles. The standard InChI is InChI=1S/C21H22BrN3O4S/c1-15-5-7-16(8-6-15)21-25-18(14-29-21)9-11-23-20(26)10-12-24-30(27,28)19-4-2-3-17(22)13-19/h2-8,13-14,24H,9-12H2,1H3,(H,23,26). The Balaban J connectivity index is 1.41. The zero-order valence-electron chi connectivity index (χ0n) is 16.4. The van der Waals surface area contributed by atoms with Crippen LogP contribution >= 0.6 is 15.9 Å². The van der Waals surface area contributed by atoms with Gasteiger partial charge in [0.05, 0.1) is 10.6 Å². The van der Waals surface area contributed by atoms with E-state index in [0.29, 0.717) is 23.3 Å². The summed E-state index contributed by atoms with van der Waals surface area (Å²) in [5.41, 5.74) is 2.79. The quantitative estimate of drug-likeness (QED) is 0.477. The van der Waals surface area contributed by atoms with Crippen molar-refractivity contribution in [2.24, 2.45) is 0 Å². The molecule has 0 spiro atoms. The van der Waals surface area contributed by atoms with Crippen molar-refractivity contribution in [2.45, 2.75) is 24.7 Å². The second kappa shape index (κ2) is 10.0. The van der Waals surface area contributed by atoms with Crippen LogP contribution in [-0.4, -0.2) is 32.4 Å². The molecule has 9 heteroatoms. The minimum Gasteiger partial charge on any atom is -0.444 e. The molecule has 3 rings (SSSR count). The molecule has 7 nitrogen and oxygen atoms in total. The molecule has 2 N–H and O–H groups in total. The minimum atomic E-state index is -3.65. The Morgan fingerprint density at radius 3 is 2.63 bits per heavy atom. The summed E-state index contributed by atoms with van der Waals surface area (Å²) in [6.45, 7) is 2.42. The van der Waals surface area contributed by atoms with E-state index >= 15 is 0 Å². The average molecular weight is 492 g/mol. The Bertz CT molecular complexity index is 1110. The summed E-state index contributed by atoms with van der Waals surface area (Å²) in [5, 5.41) is 2.76. The van der Waals surface area contributed by atoms with Crippen LogP contribution in [0, 0.1) is 6.92 Å². The predicted molar refractivity (Wildman–Crippen MR) is 117 cm³/mol. The lowest BCUT2D eigenvalue weighted by Gasteiger charge is -2.07. The van der Waals surface area contributed by atoms with Gasteiger partial charge >= 0.3 is 0 Å². The molecule has 0 aliphatic heterocycles. The van der Waals surface area contributed by atoms with Gasteiger partial charge in [-0.15, -0.1) is 0 Å². The summed E-state index contributed by atoms with van der Waals surface area (Å²) < 4.78 is 33.0. The third kappa shape index (κ3) is 6.25. The van der Waals surface area contributed by atoms with E-state index in [2.05, 4.69) is 31.0 Å². The van der Waals surface area contributed by atoms with Gasteiger partial charge in [-0.05, 0) is 37.3 Å². The number of rotatable bonds is 9. The fourth-order valence-corrected chi connectivity index (χ4v) is 4.31. The molecule has 3 aromatic rings.